The van der Waals surface area contributed by atoms with E-state index in [2.05, 4.69) is 32.5 Å². The number of hydrogen-bond donors (Lipinski definition) is 1. The fourth-order valence-corrected chi connectivity index (χ4v) is 2.53. The Labute approximate surface area is 155 Å². The molecule has 0 radical (unpaired) electrons. The molecule has 0 aliphatic carbocycles. The fourth-order valence-electron chi connectivity index (χ4n) is 2.04. The lowest BCUT2D eigenvalue weighted by Gasteiger charge is -2.19. The van der Waals surface area contributed by atoms with Crippen LogP contribution in [-0.2, 0) is 9.57 Å². The second-order valence-corrected chi connectivity index (χ2v) is 7.37. The first-order valence-corrected chi connectivity index (χ1v) is 8.57. The number of hydrogen-bond acceptors (Lipinski definition) is 6. The normalized spacial score (nSPS) is 16.4. The molecule has 0 bridgehead atoms. The number of alkyl carbamates (subject to hydrolysis) is 1. The molecule has 8 heteroatoms. The van der Waals surface area contributed by atoms with Crippen molar-refractivity contribution in [3.05, 3.63) is 28.2 Å². The Balaban J connectivity index is 1.74. The minimum absolute atomic E-state index is 0.224. The highest BCUT2D eigenvalue weighted by atomic mass is 79.9. The van der Waals surface area contributed by atoms with E-state index < -0.39 is 11.7 Å². The molecule has 1 aliphatic rings. The van der Waals surface area contributed by atoms with Gasteiger partial charge in [-0.3, -0.25) is 0 Å². The zero-order valence-electron chi connectivity index (χ0n) is 14.3. The molecule has 1 aliphatic heterocycles. The first kappa shape index (κ1) is 19.1. The highest BCUT2D eigenvalue weighted by molar-refractivity contribution is 9.10. The third-order valence-corrected chi connectivity index (χ3v) is 3.74. The maximum absolute atomic E-state index is 11.6. The number of rotatable bonds is 5. The molecule has 134 valence electrons. The average molecular weight is 410 g/mol. The standard InChI is InChI=1S/C17H20BrN3O4/c1-17(2,3)24-16(22)20-9-12-7-13(25-21-12)10-23-15-5-4-11(8-19)6-14(15)18/h4-6,13H,7,9-10H2,1-3H3,(H,20,22). The molecule has 1 atom stereocenters. The van der Waals surface area contributed by atoms with Crippen LogP contribution in [0.2, 0.25) is 0 Å². The molecule has 0 saturated carbocycles. The molecular formula is C17H20BrN3O4. The third kappa shape index (κ3) is 6.27. The van der Waals surface area contributed by atoms with Crippen molar-refractivity contribution >= 4 is 27.7 Å². The predicted octanol–water partition coefficient (Wildman–Crippen LogP) is 3.37. The van der Waals surface area contributed by atoms with E-state index in [1.807, 2.05) is 0 Å². The topological polar surface area (TPSA) is 92.9 Å². The molecular weight excluding hydrogens is 390 g/mol. The molecule has 0 aromatic heterocycles. The van der Waals surface area contributed by atoms with Crippen molar-refractivity contribution in [1.82, 2.24) is 5.32 Å². The lowest BCUT2D eigenvalue weighted by Crippen LogP contribution is -2.35. The number of nitriles is 1. The summed E-state index contributed by atoms with van der Waals surface area (Å²) in [7, 11) is 0. The van der Waals surface area contributed by atoms with Crippen LogP contribution in [0.5, 0.6) is 5.75 Å². The van der Waals surface area contributed by atoms with E-state index in [1.54, 1.807) is 39.0 Å². The van der Waals surface area contributed by atoms with E-state index in [1.165, 1.54) is 0 Å². The lowest BCUT2D eigenvalue weighted by atomic mass is 10.2. The Morgan fingerprint density at radius 3 is 2.92 bits per heavy atom. The molecule has 0 fully saturated rings. The summed E-state index contributed by atoms with van der Waals surface area (Å²) in [5, 5.41) is 15.5. The molecule has 0 saturated heterocycles. The van der Waals surface area contributed by atoms with Gasteiger partial charge >= 0.3 is 6.09 Å². The maximum Gasteiger partial charge on any atom is 0.407 e. The van der Waals surface area contributed by atoms with E-state index in [0.717, 1.165) is 5.71 Å². The van der Waals surface area contributed by atoms with Crippen LogP contribution in [0, 0.1) is 11.3 Å². The van der Waals surface area contributed by atoms with Crippen LogP contribution in [0.1, 0.15) is 32.8 Å². The van der Waals surface area contributed by atoms with Crippen LogP contribution in [0.4, 0.5) is 4.79 Å². The van der Waals surface area contributed by atoms with Crippen molar-refractivity contribution in [1.29, 1.82) is 5.26 Å². The van der Waals surface area contributed by atoms with Gasteiger partial charge in [-0.15, -0.1) is 0 Å². The quantitative estimate of drug-likeness (QED) is 0.804. The predicted molar refractivity (Wildman–Crippen MR) is 95.5 cm³/mol. The van der Waals surface area contributed by atoms with Gasteiger partial charge < -0.3 is 19.6 Å². The van der Waals surface area contributed by atoms with Gasteiger partial charge in [-0.05, 0) is 54.9 Å². The summed E-state index contributed by atoms with van der Waals surface area (Å²) in [4.78, 5) is 16.9. The monoisotopic (exact) mass is 409 g/mol. The Morgan fingerprint density at radius 2 is 2.28 bits per heavy atom. The number of nitrogens with one attached hydrogen (secondary N) is 1. The first-order chi connectivity index (χ1) is 11.8. The highest BCUT2D eigenvalue weighted by Gasteiger charge is 2.23. The van der Waals surface area contributed by atoms with Gasteiger partial charge in [0, 0.05) is 6.42 Å². The van der Waals surface area contributed by atoms with Crippen LogP contribution in [0.15, 0.2) is 27.8 Å². The Kier molecular flexibility index (Phi) is 6.26. The molecule has 25 heavy (non-hydrogen) atoms. The van der Waals surface area contributed by atoms with Crippen LogP contribution < -0.4 is 10.1 Å². The van der Waals surface area contributed by atoms with Crippen LogP contribution in [0.25, 0.3) is 0 Å². The van der Waals surface area contributed by atoms with Gasteiger partial charge in [0.1, 0.15) is 18.0 Å². The van der Waals surface area contributed by atoms with Crippen molar-refractivity contribution in [2.75, 3.05) is 13.2 Å². The van der Waals surface area contributed by atoms with Crippen LogP contribution in [-0.4, -0.2) is 36.7 Å². The average Bonchev–Trinajstić information content (AvgIpc) is 2.98. The number of carbonyl (C=O) groups is 1. The van der Waals surface area contributed by atoms with E-state index in [-0.39, 0.29) is 12.6 Å². The van der Waals surface area contributed by atoms with E-state index in [9.17, 15) is 4.79 Å². The molecule has 1 heterocycles. The minimum atomic E-state index is -0.539. The van der Waals surface area contributed by atoms with Gasteiger partial charge in [-0.1, -0.05) is 5.16 Å². The van der Waals surface area contributed by atoms with E-state index in [0.29, 0.717) is 28.8 Å². The summed E-state index contributed by atoms with van der Waals surface area (Å²) in [6, 6.07) is 7.16. The molecule has 1 amide bonds. The summed E-state index contributed by atoms with van der Waals surface area (Å²) < 4.78 is 11.6. The SMILES string of the molecule is CC(C)(C)OC(=O)NCC1=NOC(COc2ccc(C#N)cc2Br)C1. The van der Waals surface area contributed by atoms with Crippen molar-refractivity contribution in [3.8, 4) is 11.8 Å². The lowest BCUT2D eigenvalue weighted by molar-refractivity contribution is 0.0468. The van der Waals surface area contributed by atoms with Crippen molar-refractivity contribution < 1.29 is 19.1 Å². The number of carbonyl (C=O) groups excluding carboxylic acids is 1. The number of benzene rings is 1. The number of ether oxygens (including phenoxy) is 2. The molecule has 7 nitrogen and oxygen atoms in total. The number of oxime groups is 1. The summed E-state index contributed by atoms with van der Waals surface area (Å²) in [5.74, 6) is 0.628. The molecule has 1 N–H and O–H groups in total. The summed E-state index contributed by atoms with van der Waals surface area (Å²) >= 11 is 3.37. The van der Waals surface area contributed by atoms with Gasteiger partial charge in [0.15, 0.2) is 6.10 Å². The molecule has 2 rings (SSSR count). The van der Waals surface area contributed by atoms with Crippen LogP contribution in [0.3, 0.4) is 0 Å². The second kappa shape index (κ2) is 8.21. The Bertz CT molecular complexity index is 707. The van der Waals surface area contributed by atoms with E-state index >= 15 is 0 Å². The van der Waals surface area contributed by atoms with Crippen molar-refractivity contribution in [3.63, 3.8) is 0 Å². The van der Waals surface area contributed by atoms with Crippen molar-refractivity contribution in [2.45, 2.75) is 38.9 Å². The first-order valence-electron chi connectivity index (χ1n) is 7.77. The summed E-state index contributed by atoms with van der Waals surface area (Å²) in [6.07, 6.45) is -0.154. The molecule has 1 aromatic rings. The van der Waals surface area contributed by atoms with Gasteiger partial charge in [-0.2, -0.15) is 5.26 Å². The largest absolute Gasteiger partial charge is 0.488 e. The van der Waals surface area contributed by atoms with Crippen molar-refractivity contribution in [2.24, 2.45) is 5.16 Å². The summed E-state index contributed by atoms with van der Waals surface area (Å²) in [6.45, 7) is 5.99. The van der Waals surface area contributed by atoms with Gasteiger partial charge in [0.2, 0.25) is 0 Å². The molecule has 1 aromatic carbocycles. The smallest absolute Gasteiger partial charge is 0.407 e. The number of nitrogens with zero attached hydrogens (tertiary/aromatic N) is 2. The number of halogens is 1. The Hall–Kier alpha value is -2.27. The highest BCUT2D eigenvalue weighted by Crippen LogP contribution is 2.26. The Morgan fingerprint density at radius 1 is 1.52 bits per heavy atom. The maximum atomic E-state index is 11.6. The fraction of sp³-hybridized carbons (Fsp3) is 0.471. The third-order valence-electron chi connectivity index (χ3n) is 3.12. The minimum Gasteiger partial charge on any atom is -0.488 e. The summed E-state index contributed by atoms with van der Waals surface area (Å²) in [5.41, 5.74) is 0.733. The van der Waals surface area contributed by atoms with E-state index in [4.69, 9.17) is 19.6 Å². The molecule has 0 spiro atoms. The zero-order chi connectivity index (χ0) is 18.4. The zero-order valence-corrected chi connectivity index (χ0v) is 15.9. The second-order valence-electron chi connectivity index (χ2n) is 6.51. The molecule has 1 unspecified atom stereocenters. The number of amides is 1. The van der Waals surface area contributed by atoms with Gasteiger partial charge in [0.05, 0.1) is 28.4 Å². The van der Waals surface area contributed by atoms with Gasteiger partial charge in [-0.25, -0.2) is 4.79 Å². The van der Waals surface area contributed by atoms with Crippen LogP contribution >= 0.6 is 15.9 Å². The van der Waals surface area contributed by atoms with Gasteiger partial charge in [0.25, 0.3) is 0 Å².